The van der Waals surface area contributed by atoms with Crippen molar-refractivity contribution in [2.24, 2.45) is 0 Å². The Morgan fingerprint density at radius 3 is 2.24 bits per heavy atom. The van der Waals surface area contributed by atoms with Crippen LogP contribution in [0.5, 0.6) is 0 Å². The van der Waals surface area contributed by atoms with Gasteiger partial charge in [0.15, 0.2) is 5.69 Å². The van der Waals surface area contributed by atoms with Crippen molar-refractivity contribution in [1.82, 2.24) is 9.78 Å². The van der Waals surface area contributed by atoms with Crippen LogP contribution in [0.4, 0.5) is 24.7 Å². The third-order valence-corrected chi connectivity index (χ3v) is 3.01. The van der Waals surface area contributed by atoms with Crippen molar-refractivity contribution >= 4 is 17.8 Å². The van der Waals surface area contributed by atoms with E-state index in [0.717, 1.165) is 5.69 Å². The normalized spacial score (nSPS) is 11.5. The molecule has 1 heterocycles. The van der Waals surface area contributed by atoms with Crippen LogP contribution in [0, 0.1) is 5.41 Å². The van der Waals surface area contributed by atoms with Gasteiger partial charge in [0.1, 0.15) is 12.2 Å². The Hall–Kier alpha value is -2.51. The molecule has 5 nitrogen and oxygen atoms in total. The van der Waals surface area contributed by atoms with E-state index in [1.54, 1.807) is 24.3 Å². The lowest BCUT2D eigenvalue weighted by atomic mass is 10.0. The maximum Gasteiger partial charge on any atom is 0.435 e. The lowest BCUT2D eigenvalue weighted by Crippen LogP contribution is -2.09. The first-order chi connectivity index (χ1) is 9.75. The number of benzene rings is 1. The Morgan fingerprint density at radius 1 is 1.24 bits per heavy atom. The summed E-state index contributed by atoms with van der Waals surface area (Å²) in [6.07, 6.45) is -4.00. The number of nitrogens with zero attached hydrogens (tertiary/aromatic N) is 3. The number of aromatic nitrogens is 2. The second kappa shape index (κ2) is 5.12. The zero-order valence-corrected chi connectivity index (χ0v) is 11.4. The van der Waals surface area contributed by atoms with E-state index >= 15 is 0 Å². The fourth-order valence-corrected chi connectivity index (χ4v) is 1.96. The summed E-state index contributed by atoms with van der Waals surface area (Å²) in [5.74, 6) is -0.213. The highest BCUT2D eigenvalue weighted by atomic mass is 19.4. The molecule has 0 amide bonds. The molecule has 0 radical (unpaired) electrons. The van der Waals surface area contributed by atoms with E-state index in [0.29, 0.717) is 16.6 Å². The molecule has 0 aliphatic heterocycles. The molecule has 1 aromatic carbocycles. The van der Waals surface area contributed by atoms with Gasteiger partial charge in [-0.2, -0.15) is 18.3 Å². The molecule has 8 heteroatoms. The van der Waals surface area contributed by atoms with Crippen molar-refractivity contribution in [2.75, 3.05) is 24.7 Å². The van der Waals surface area contributed by atoms with E-state index in [2.05, 4.69) is 5.10 Å². The molecular formula is C13H14F3N5. The molecule has 1 aromatic heterocycles. The molecule has 0 spiro atoms. The van der Waals surface area contributed by atoms with E-state index < -0.39 is 11.9 Å². The largest absolute Gasteiger partial charge is 0.435 e. The number of rotatable bonds is 3. The van der Waals surface area contributed by atoms with Gasteiger partial charge in [0.2, 0.25) is 0 Å². The Kier molecular flexibility index (Phi) is 3.63. The molecule has 0 atom stereocenters. The number of alkyl halides is 3. The van der Waals surface area contributed by atoms with E-state index in [-0.39, 0.29) is 11.4 Å². The molecular weight excluding hydrogens is 283 g/mol. The SMILES string of the molecule is CN(C)c1ccc(-c2c(C(F)(F)F)nn(C=N)c2N)cc1. The van der Waals surface area contributed by atoms with Crippen molar-refractivity contribution in [3.63, 3.8) is 0 Å². The Bertz CT molecular complexity index is 656. The van der Waals surface area contributed by atoms with Crippen LogP contribution in [0.2, 0.25) is 0 Å². The fourth-order valence-electron chi connectivity index (χ4n) is 1.96. The average Bonchev–Trinajstić information content (AvgIpc) is 2.75. The maximum atomic E-state index is 13.1. The van der Waals surface area contributed by atoms with Crippen molar-refractivity contribution < 1.29 is 13.2 Å². The number of nitrogens with two attached hydrogens (primary N) is 1. The van der Waals surface area contributed by atoms with E-state index in [9.17, 15) is 13.2 Å². The lowest BCUT2D eigenvalue weighted by Gasteiger charge is -2.13. The van der Waals surface area contributed by atoms with Crippen LogP contribution in [-0.2, 0) is 6.18 Å². The summed E-state index contributed by atoms with van der Waals surface area (Å²) >= 11 is 0. The molecule has 0 saturated carbocycles. The van der Waals surface area contributed by atoms with Crippen LogP contribution in [-0.4, -0.2) is 30.2 Å². The van der Waals surface area contributed by atoms with Gasteiger partial charge in [-0.3, -0.25) is 5.41 Å². The summed E-state index contributed by atoms with van der Waals surface area (Å²) in [5, 5.41) is 10.4. The first kappa shape index (κ1) is 14.9. The van der Waals surface area contributed by atoms with Crippen LogP contribution in [0.3, 0.4) is 0 Å². The quantitative estimate of drug-likeness (QED) is 0.676. The molecule has 2 rings (SSSR count). The van der Waals surface area contributed by atoms with Crippen molar-refractivity contribution in [3.8, 4) is 11.1 Å². The summed E-state index contributed by atoms with van der Waals surface area (Å²) in [6, 6.07) is 6.48. The smallest absolute Gasteiger partial charge is 0.383 e. The summed E-state index contributed by atoms with van der Waals surface area (Å²) < 4.78 is 39.9. The number of hydrogen-bond donors (Lipinski definition) is 2. The molecule has 0 bridgehead atoms. The average molecular weight is 297 g/mol. The van der Waals surface area contributed by atoms with Gasteiger partial charge >= 0.3 is 6.18 Å². The van der Waals surface area contributed by atoms with Crippen molar-refractivity contribution in [1.29, 1.82) is 5.41 Å². The maximum absolute atomic E-state index is 13.1. The molecule has 2 aromatic rings. The predicted octanol–water partition coefficient (Wildman–Crippen LogP) is 2.67. The first-order valence-corrected chi connectivity index (χ1v) is 5.99. The Morgan fingerprint density at radius 2 is 1.81 bits per heavy atom. The number of hydrogen-bond acceptors (Lipinski definition) is 4. The van der Waals surface area contributed by atoms with Gasteiger partial charge in [-0.25, -0.2) is 4.68 Å². The third-order valence-electron chi connectivity index (χ3n) is 3.01. The highest BCUT2D eigenvalue weighted by Crippen LogP contribution is 2.39. The minimum absolute atomic E-state index is 0.212. The third kappa shape index (κ3) is 2.69. The fraction of sp³-hybridized carbons (Fsp3) is 0.231. The van der Waals surface area contributed by atoms with Crippen LogP contribution < -0.4 is 10.6 Å². The van der Waals surface area contributed by atoms with Gasteiger partial charge in [-0.05, 0) is 17.7 Å². The topological polar surface area (TPSA) is 70.9 Å². The molecule has 0 aliphatic rings. The zero-order valence-electron chi connectivity index (χ0n) is 11.4. The monoisotopic (exact) mass is 297 g/mol. The minimum atomic E-state index is -4.64. The highest BCUT2D eigenvalue weighted by molar-refractivity contribution is 5.81. The van der Waals surface area contributed by atoms with Crippen molar-refractivity contribution in [2.45, 2.75) is 6.18 Å². The Labute approximate surface area is 119 Å². The van der Waals surface area contributed by atoms with E-state index in [1.165, 1.54) is 0 Å². The van der Waals surface area contributed by atoms with Gasteiger partial charge in [-0.1, -0.05) is 12.1 Å². The van der Waals surface area contributed by atoms with E-state index in [1.807, 2.05) is 19.0 Å². The number of nitrogens with one attached hydrogen (secondary N) is 1. The molecule has 3 N–H and O–H groups in total. The van der Waals surface area contributed by atoms with Crippen LogP contribution in [0.1, 0.15) is 5.69 Å². The van der Waals surface area contributed by atoms with Crippen LogP contribution >= 0.6 is 0 Å². The number of anilines is 2. The highest BCUT2D eigenvalue weighted by Gasteiger charge is 2.39. The zero-order chi connectivity index (χ0) is 15.8. The van der Waals surface area contributed by atoms with Crippen LogP contribution in [0.25, 0.3) is 11.1 Å². The second-order valence-corrected chi connectivity index (χ2v) is 4.62. The molecule has 0 fully saturated rings. The van der Waals surface area contributed by atoms with Crippen molar-refractivity contribution in [3.05, 3.63) is 30.0 Å². The van der Waals surface area contributed by atoms with Gasteiger partial charge in [-0.15, -0.1) is 0 Å². The van der Waals surface area contributed by atoms with Gasteiger partial charge < -0.3 is 10.6 Å². The van der Waals surface area contributed by atoms with Gasteiger partial charge in [0.05, 0.1) is 5.56 Å². The minimum Gasteiger partial charge on any atom is -0.383 e. The van der Waals surface area contributed by atoms with Crippen LogP contribution in [0.15, 0.2) is 24.3 Å². The van der Waals surface area contributed by atoms with E-state index in [4.69, 9.17) is 11.1 Å². The summed E-state index contributed by atoms with van der Waals surface area (Å²) in [4.78, 5) is 1.83. The summed E-state index contributed by atoms with van der Waals surface area (Å²) in [6.45, 7) is 0. The van der Waals surface area contributed by atoms with Gasteiger partial charge in [0.25, 0.3) is 0 Å². The molecule has 0 unspecified atom stereocenters. The predicted molar refractivity (Wildman–Crippen MR) is 75.6 cm³/mol. The Balaban J connectivity index is 2.62. The molecule has 0 saturated heterocycles. The summed E-state index contributed by atoms with van der Waals surface area (Å²) in [5.41, 5.74) is 5.53. The molecule has 0 aliphatic carbocycles. The second-order valence-electron chi connectivity index (χ2n) is 4.62. The molecule has 112 valence electrons. The lowest BCUT2D eigenvalue weighted by molar-refractivity contribution is -0.140. The van der Waals surface area contributed by atoms with Gasteiger partial charge in [0, 0.05) is 19.8 Å². The summed E-state index contributed by atoms with van der Waals surface area (Å²) in [7, 11) is 3.66. The molecule has 21 heavy (non-hydrogen) atoms. The number of halogens is 3. The standard InChI is InChI=1S/C13H14F3N5/c1-20(2)9-5-3-8(4-6-9)10-11(13(14,15)16)19-21(7-17)12(10)18/h3-7,17H,18H2,1-2H3. The first-order valence-electron chi connectivity index (χ1n) is 5.99. The number of nitrogen functional groups attached to an aromatic ring is 1.